The highest BCUT2D eigenvalue weighted by Gasteiger charge is 2.39. The van der Waals surface area contributed by atoms with Crippen LogP contribution in [0.15, 0.2) is 94.0 Å². The molecule has 0 saturated carbocycles. The van der Waals surface area contributed by atoms with E-state index in [1.54, 1.807) is 35.6 Å². The van der Waals surface area contributed by atoms with Crippen LogP contribution in [0, 0.1) is 12.8 Å². The number of allylic oxidation sites excluding steroid dienone is 1. The number of aromatic nitrogens is 1. The Bertz CT molecular complexity index is 1860. The van der Waals surface area contributed by atoms with Crippen molar-refractivity contribution >= 4 is 44.1 Å². The van der Waals surface area contributed by atoms with Gasteiger partial charge in [0.25, 0.3) is 5.91 Å². The number of anilines is 1. The molecule has 0 fully saturated rings. The summed E-state index contributed by atoms with van der Waals surface area (Å²) in [5.74, 6) is -1.24. The Labute approximate surface area is 252 Å². The first-order chi connectivity index (χ1) is 20.9. The third-order valence-corrected chi connectivity index (χ3v) is 8.70. The van der Waals surface area contributed by atoms with Gasteiger partial charge in [-0.3, -0.25) is 9.59 Å². The van der Waals surface area contributed by atoms with E-state index in [0.29, 0.717) is 41.7 Å². The summed E-state index contributed by atoms with van der Waals surface area (Å²) >= 11 is 1.63. The quantitative estimate of drug-likeness (QED) is 0.193. The number of hydrogen-bond donors (Lipinski definition) is 2. The van der Waals surface area contributed by atoms with Crippen molar-refractivity contribution in [1.82, 2.24) is 4.98 Å². The Kier molecular flexibility index (Phi) is 8.38. The highest BCUT2D eigenvalue weighted by atomic mass is 32.1. The Hall–Kier alpha value is -4.31. The second-order valence-corrected chi connectivity index (χ2v) is 11.6. The molecule has 0 saturated heterocycles. The average molecular weight is 597 g/mol. The summed E-state index contributed by atoms with van der Waals surface area (Å²) in [6, 6.07) is 20.8. The van der Waals surface area contributed by atoms with E-state index < -0.39 is 18.1 Å². The predicted octanol–water partition coefficient (Wildman–Crippen LogP) is 6.77. The third-order valence-electron chi connectivity index (χ3n) is 7.63. The number of rotatable bonds is 9. The maximum atomic E-state index is 13.6. The molecule has 3 heterocycles. The summed E-state index contributed by atoms with van der Waals surface area (Å²) < 4.78 is 19.0. The van der Waals surface area contributed by atoms with E-state index in [-0.39, 0.29) is 23.7 Å². The Morgan fingerprint density at radius 3 is 2.72 bits per heavy atom. The standard InChI is InChI=1S/C34H32N2O6S/c1-3-40-34-23(8-6-16-37)25(26-19-41-28-9-5-4-7-24(28)31(26)38)18-29(42-34)32(39)35-22-13-11-21(12-14-22)33-36-27-15-10-20(2)17-30(27)43-33/h4-5,7,9-15,17-19,23,25,34,37H,3,6,8,16H2,1-2H3,(H,35,39). The van der Waals surface area contributed by atoms with Gasteiger partial charge in [0.1, 0.15) is 10.6 Å². The lowest BCUT2D eigenvalue weighted by Gasteiger charge is -2.36. The number of carbonyl (C=O) groups excluding carboxylic acids is 1. The average Bonchev–Trinajstić information content (AvgIpc) is 3.44. The first-order valence-corrected chi connectivity index (χ1v) is 15.2. The van der Waals surface area contributed by atoms with Gasteiger partial charge in [-0.25, -0.2) is 4.98 Å². The lowest BCUT2D eigenvalue weighted by Crippen LogP contribution is -2.38. The molecule has 1 amide bonds. The zero-order chi connectivity index (χ0) is 29.9. The van der Waals surface area contributed by atoms with Crippen molar-refractivity contribution in [2.45, 2.75) is 38.9 Å². The monoisotopic (exact) mass is 596 g/mol. The van der Waals surface area contributed by atoms with Gasteiger partial charge in [-0.05, 0) is 86.9 Å². The first-order valence-electron chi connectivity index (χ1n) is 14.4. The Morgan fingerprint density at radius 2 is 1.93 bits per heavy atom. The van der Waals surface area contributed by atoms with Crippen LogP contribution in [-0.4, -0.2) is 35.5 Å². The fourth-order valence-electron chi connectivity index (χ4n) is 5.49. The number of aryl methyl sites for hydroxylation is 1. The molecule has 0 spiro atoms. The number of thiazole rings is 1. The topological polar surface area (TPSA) is 111 Å². The van der Waals surface area contributed by atoms with Gasteiger partial charge in [-0.1, -0.05) is 18.2 Å². The van der Waals surface area contributed by atoms with Gasteiger partial charge < -0.3 is 24.3 Å². The van der Waals surface area contributed by atoms with E-state index in [1.165, 1.54) is 11.8 Å². The highest BCUT2D eigenvalue weighted by Crippen LogP contribution is 2.39. The number of ether oxygens (including phenoxy) is 2. The molecule has 9 heteroatoms. The summed E-state index contributed by atoms with van der Waals surface area (Å²) in [4.78, 5) is 31.8. The molecule has 3 atom stereocenters. The molecule has 0 bridgehead atoms. The van der Waals surface area contributed by atoms with E-state index in [1.807, 2.05) is 43.3 Å². The summed E-state index contributed by atoms with van der Waals surface area (Å²) in [6.07, 6.45) is 3.36. The number of hydrogen-bond acceptors (Lipinski definition) is 8. The van der Waals surface area contributed by atoms with Crippen LogP contribution < -0.4 is 10.7 Å². The molecule has 0 radical (unpaired) electrons. The van der Waals surface area contributed by atoms with Crippen molar-refractivity contribution in [2.24, 2.45) is 5.92 Å². The zero-order valence-corrected chi connectivity index (χ0v) is 24.7. The van der Waals surface area contributed by atoms with Crippen molar-refractivity contribution in [3.8, 4) is 10.6 Å². The van der Waals surface area contributed by atoms with Crippen LogP contribution in [0.25, 0.3) is 31.8 Å². The van der Waals surface area contributed by atoms with E-state index in [4.69, 9.17) is 18.9 Å². The zero-order valence-electron chi connectivity index (χ0n) is 23.9. The molecule has 6 rings (SSSR count). The molecule has 3 unspecified atom stereocenters. The maximum Gasteiger partial charge on any atom is 0.290 e. The van der Waals surface area contributed by atoms with Gasteiger partial charge in [-0.15, -0.1) is 11.3 Å². The smallest absolute Gasteiger partial charge is 0.290 e. The molecule has 2 N–H and O–H groups in total. The minimum atomic E-state index is -0.789. The van der Waals surface area contributed by atoms with Crippen LogP contribution in [0.4, 0.5) is 5.69 Å². The maximum absolute atomic E-state index is 13.6. The minimum Gasteiger partial charge on any atom is -0.464 e. The number of nitrogens with zero attached hydrogens (tertiary/aromatic N) is 1. The number of para-hydroxylation sites is 1. The Balaban J connectivity index is 1.29. The van der Waals surface area contributed by atoms with Gasteiger partial charge in [0.2, 0.25) is 6.29 Å². The molecule has 5 aromatic rings. The first kappa shape index (κ1) is 28.8. The molecule has 1 aliphatic rings. The van der Waals surface area contributed by atoms with Crippen molar-refractivity contribution < 1.29 is 23.8 Å². The molecular weight excluding hydrogens is 564 g/mol. The number of nitrogens with one attached hydrogen (secondary N) is 1. The number of aliphatic hydroxyl groups excluding tert-OH is 1. The number of fused-ring (bicyclic) bond motifs is 2. The number of aliphatic hydroxyl groups is 1. The van der Waals surface area contributed by atoms with E-state index in [9.17, 15) is 14.7 Å². The van der Waals surface area contributed by atoms with E-state index in [0.717, 1.165) is 20.8 Å². The number of amides is 1. The van der Waals surface area contributed by atoms with Crippen molar-refractivity contribution in [3.63, 3.8) is 0 Å². The third kappa shape index (κ3) is 5.97. The van der Waals surface area contributed by atoms with Gasteiger partial charge in [0, 0.05) is 41.9 Å². The SMILES string of the molecule is CCOC1OC(C(=O)Nc2ccc(-c3nc4ccc(C)cc4s3)cc2)=CC(c2coc3ccccc3c2=O)C1CCCO. The molecule has 2 aromatic heterocycles. The lowest BCUT2D eigenvalue weighted by molar-refractivity contribution is -0.165. The minimum absolute atomic E-state index is 0.0158. The number of carbonyl (C=O) groups is 1. The highest BCUT2D eigenvalue weighted by molar-refractivity contribution is 7.21. The van der Waals surface area contributed by atoms with Crippen molar-refractivity contribution in [1.29, 1.82) is 0 Å². The van der Waals surface area contributed by atoms with Gasteiger partial charge in [0.05, 0.1) is 21.9 Å². The van der Waals surface area contributed by atoms with Crippen molar-refractivity contribution in [2.75, 3.05) is 18.5 Å². The summed E-state index contributed by atoms with van der Waals surface area (Å²) in [5, 5.41) is 13.8. The molecule has 43 heavy (non-hydrogen) atoms. The largest absolute Gasteiger partial charge is 0.464 e. The normalized spacial score (nSPS) is 18.4. The van der Waals surface area contributed by atoms with Gasteiger partial charge in [0.15, 0.2) is 11.2 Å². The predicted molar refractivity (Wildman–Crippen MR) is 168 cm³/mol. The summed E-state index contributed by atoms with van der Waals surface area (Å²) in [5.41, 5.74) is 4.42. The Morgan fingerprint density at radius 1 is 1.12 bits per heavy atom. The van der Waals surface area contributed by atoms with Gasteiger partial charge in [-0.2, -0.15) is 0 Å². The summed E-state index contributed by atoms with van der Waals surface area (Å²) in [6.45, 7) is 4.24. The fourth-order valence-corrected chi connectivity index (χ4v) is 6.56. The van der Waals surface area contributed by atoms with Crippen LogP contribution in [-0.2, 0) is 14.3 Å². The van der Waals surface area contributed by atoms with Crippen LogP contribution in [0.2, 0.25) is 0 Å². The second-order valence-electron chi connectivity index (χ2n) is 10.6. The van der Waals surface area contributed by atoms with Crippen LogP contribution in [0.5, 0.6) is 0 Å². The fraction of sp³-hybridized carbons (Fsp3) is 0.265. The van der Waals surface area contributed by atoms with Crippen molar-refractivity contribution in [3.05, 3.63) is 106 Å². The molecule has 3 aromatic carbocycles. The van der Waals surface area contributed by atoms with Crippen LogP contribution in [0.1, 0.15) is 36.8 Å². The van der Waals surface area contributed by atoms with Crippen LogP contribution in [0.3, 0.4) is 0 Å². The second kappa shape index (κ2) is 12.5. The lowest BCUT2D eigenvalue weighted by atomic mass is 9.81. The molecule has 1 aliphatic heterocycles. The molecular formula is C34H32N2O6S. The summed E-state index contributed by atoms with van der Waals surface area (Å²) in [7, 11) is 0. The molecule has 0 aliphatic carbocycles. The van der Waals surface area contributed by atoms with Gasteiger partial charge >= 0.3 is 0 Å². The molecule has 220 valence electrons. The van der Waals surface area contributed by atoms with Crippen LogP contribution >= 0.6 is 11.3 Å². The molecule has 8 nitrogen and oxygen atoms in total. The van der Waals surface area contributed by atoms with E-state index in [2.05, 4.69) is 24.4 Å². The van der Waals surface area contributed by atoms with E-state index >= 15 is 0 Å². The number of benzene rings is 3.